The molecule has 0 atom stereocenters. The zero-order valence-electron chi connectivity index (χ0n) is 7.96. The van der Waals surface area contributed by atoms with Crippen LogP contribution in [0.1, 0.15) is 0 Å². The van der Waals surface area contributed by atoms with Crippen molar-refractivity contribution in [1.29, 1.82) is 0 Å². The van der Waals surface area contributed by atoms with Gasteiger partial charge in [-0.15, -0.1) is 0 Å². The van der Waals surface area contributed by atoms with Crippen molar-refractivity contribution in [3.63, 3.8) is 0 Å². The molecular weight excluding hydrogens is 188 g/mol. The summed E-state index contributed by atoms with van der Waals surface area (Å²) < 4.78 is 0. The van der Waals surface area contributed by atoms with Crippen LogP contribution in [0.2, 0.25) is 0 Å². The molecular formula is C7H12N4O3. The van der Waals surface area contributed by atoms with Gasteiger partial charge in [-0.1, -0.05) is 0 Å². The third-order valence-electron chi connectivity index (χ3n) is 1.83. The second-order valence-electron chi connectivity index (χ2n) is 3.45. The highest BCUT2D eigenvalue weighted by molar-refractivity contribution is 6.22. The van der Waals surface area contributed by atoms with E-state index in [4.69, 9.17) is 5.73 Å². The number of hydrogen-bond donors (Lipinski definition) is 3. The highest BCUT2D eigenvalue weighted by atomic mass is 16.2. The van der Waals surface area contributed by atoms with Gasteiger partial charge in [-0.3, -0.25) is 20.2 Å². The summed E-state index contributed by atoms with van der Waals surface area (Å²) in [6.07, 6.45) is 0. The van der Waals surface area contributed by atoms with Gasteiger partial charge in [-0.25, -0.2) is 4.79 Å². The Hall–Kier alpha value is -1.47. The quantitative estimate of drug-likeness (QED) is 0.431. The summed E-state index contributed by atoms with van der Waals surface area (Å²) in [7, 11) is 3.34. The standard InChI is InChI=1S/C7H12N4O3/c1-11(2)3-7(8)4(12)9-6(14)10-5(7)13/h3,8H2,1-2H3,(H2,9,10,12,13,14). The molecule has 78 valence electrons. The molecule has 0 radical (unpaired) electrons. The van der Waals surface area contributed by atoms with Gasteiger partial charge in [0.2, 0.25) is 0 Å². The van der Waals surface area contributed by atoms with Crippen molar-refractivity contribution in [3.05, 3.63) is 0 Å². The molecule has 1 heterocycles. The molecule has 0 aromatic carbocycles. The van der Waals surface area contributed by atoms with E-state index in [0.717, 1.165) is 0 Å². The highest BCUT2D eigenvalue weighted by Crippen LogP contribution is 2.06. The maximum Gasteiger partial charge on any atom is 0.328 e. The Balaban J connectivity index is 2.90. The number of carbonyl (C=O) groups is 3. The summed E-state index contributed by atoms with van der Waals surface area (Å²) >= 11 is 0. The van der Waals surface area contributed by atoms with E-state index in [0.29, 0.717) is 0 Å². The number of rotatable bonds is 2. The Labute approximate surface area is 80.6 Å². The van der Waals surface area contributed by atoms with Gasteiger partial charge in [0.1, 0.15) is 0 Å². The lowest BCUT2D eigenvalue weighted by molar-refractivity contribution is -0.138. The van der Waals surface area contributed by atoms with E-state index in [9.17, 15) is 14.4 Å². The first-order valence-corrected chi connectivity index (χ1v) is 3.97. The lowest BCUT2D eigenvalue weighted by atomic mass is 9.96. The zero-order chi connectivity index (χ0) is 10.9. The maximum atomic E-state index is 11.3. The van der Waals surface area contributed by atoms with Crippen LogP contribution in [0.25, 0.3) is 0 Å². The van der Waals surface area contributed by atoms with Crippen LogP contribution >= 0.6 is 0 Å². The molecule has 0 aliphatic carbocycles. The van der Waals surface area contributed by atoms with Gasteiger partial charge in [0.25, 0.3) is 11.8 Å². The summed E-state index contributed by atoms with van der Waals surface area (Å²) in [4.78, 5) is 35.0. The van der Waals surface area contributed by atoms with Gasteiger partial charge in [0, 0.05) is 6.54 Å². The summed E-state index contributed by atoms with van der Waals surface area (Å²) in [6, 6.07) is -0.833. The molecule has 1 fully saturated rings. The maximum absolute atomic E-state index is 11.3. The molecule has 1 aliphatic heterocycles. The number of imide groups is 2. The van der Waals surface area contributed by atoms with Crippen LogP contribution in [0.15, 0.2) is 0 Å². The number of amides is 4. The summed E-state index contributed by atoms with van der Waals surface area (Å²) in [5.41, 5.74) is 3.89. The molecule has 1 rings (SSSR count). The Morgan fingerprint density at radius 2 is 1.64 bits per heavy atom. The Morgan fingerprint density at radius 3 is 2.00 bits per heavy atom. The van der Waals surface area contributed by atoms with E-state index in [-0.39, 0.29) is 6.54 Å². The first kappa shape index (κ1) is 10.6. The van der Waals surface area contributed by atoms with Crippen LogP contribution < -0.4 is 16.4 Å². The number of likely N-dealkylation sites (N-methyl/N-ethyl adjacent to an activating group) is 1. The van der Waals surface area contributed by atoms with Crippen molar-refractivity contribution < 1.29 is 14.4 Å². The van der Waals surface area contributed by atoms with Gasteiger partial charge in [-0.05, 0) is 14.1 Å². The van der Waals surface area contributed by atoms with Crippen molar-refractivity contribution >= 4 is 17.8 Å². The Bertz CT molecular complexity index is 279. The normalized spacial score (nSPS) is 20.7. The minimum Gasteiger partial charge on any atom is -0.308 e. The topological polar surface area (TPSA) is 105 Å². The van der Waals surface area contributed by atoms with E-state index < -0.39 is 23.4 Å². The fourth-order valence-corrected chi connectivity index (χ4v) is 1.21. The van der Waals surface area contributed by atoms with E-state index in [1.165, 1.54) is 0 Å². The number of nitrogens with zero attached hydrogens (tertiary/aromatic N) is 1. The molecule has 0 aromatic heterocycles. The predicted octanol–water partition coefficient (Wildman–Crippen LogP) is -2.39. The molecule has 14 heavy (non-hydrogen) atoms. The Morgan fingerprint density at radius 1 is 1.21 bits per heavy atom. The van der Waals surface area contributed by atoms with Crippen molar-refractivity contribution in [2.45, 2.75) is 5.54 Å². The highest BCUT2D eigenvalue weighted by Gasteiger charge is 2.47. The SMILES string of the molecule is CN(C)CC1(N)C(=O)NC(=O)NC1=O. The number of hydrogen-bond acceptors (Lipinski definition) is 5. The number of nitrogens with two attached hydrogens (primary N) is 1. The molecule has 1 saturated heterocycles. The Kier molecular flexibility index (Phi) is 2.54. The molecule has 0 bridgehead atoms. The van der Waals surface area contributed by atoms with Crippen LogP contribution in [0.3, 0.4) is 0 Å². The molecule has 0 spiro atoms. The van der Waals surface area contributed by atoms with E-state index in [1.54, 1.807) is 19.0 Å². The minimum absolute atomic E-state index is 0.0396. The second-order valence-corrected chi connectivity index (χ2v) is 3.45. The van der Waals surface area contributed by atoms with Crippen LogP contribution in [-0.2, 0) is 9.59 Å². The first-order valence-electron chi connectivity index (χ1n) is 3.97. The molecule has 0 saturated carbocycles. The minimum atomic E-state index is -1.70. The number of nitrogens with one attached hydrogen (secondary N) is 2. The zero-order valence-corrected chi connectivity index (χ0v) is 7.96. The average molecular weight is 200 g/mol. The van der Waals surface area contributed by atoms with E-state index >= 15 is 0 Å². The fourth-order valence-electron chi connectivity index (χ4n) is 1.21. The van der Waals surface area contributed by atoms with E-state index in [1.807, 2.05) is 10.6 Å². The number of urea groups is 1. The van der Waals surface area contributed by atoms with Crippen molar-refractivity contribution in [1.82, 2.24) is 15.5 Å². The lowest BCUT2D eigenvalue weighted by Crippen LogP contribution is -2.73. The van der Waals surface area contributed by atoms with Crippen LogP contribution in [0.4, 0.5) is 4.79 Å². The molecule has 0 aromatic rings. The van der Waals surface area contributed by atoms with Crippen molar-refractivity contribution in [2.75, 3.05) is 20.6 Å². The fraction of sp³-hybridized carbons (Fsp3) is 0.571. The van der Waals surface area contributed by atoms with Gasteiger partial charge < -0.3 is 10.6 Å². The van der Waals surface area contributed by atoms with Crippen molar-refractivity contribution in [3.8, 4) is 0 Å². The smallest absolute Gasteiger partial charge is 0.308 e. The lowest BCUT2D eigenvalue weighted by Gasteiger charge is -2.32. The van der Waals surface area contributed by atoms with Crippen molar-refractivity contribution in [2.24, 2.45) is 5.73 Å². The summed E-state index contributed by atoms with van der Waals surface area (Å²) in [5, 5.41) is 3.89. The summed E-state index contributed by atoms with van der Waals surface area (Å²) in [5.74, 6) is -1.56. The number of carbonyl (C=O) groups excluding carboxylic acids is 3. The van der Waals surface area contributed by atoms with E-state index in [2.05, 4.69) is 0 Å². The third kappa shape index (κ3) is 1.73. The molecule has 4 amide bonds. The van der Waals surface area contributed by atoms with Gasteiger partial charge in [-0.2, -0.15) is 0 Å². The van der Waals surface area contributed by atoms with Gasteiger partial charge >= 0.3 is 6.03 Å². The predicted molar refractivity (Wildman–Crippen MR) is 47.2 cm³/mol. The molecule has 1 aliphatic rings. The van der Waals surface area contributed by atoms with Gasteiger partial charge in [0.05, 0.1) is 0 Å². The third-order valence-corrected chi connectivity index (χ3v) is 1.83. The largest absolute Gasteiger partial charge is 0.328 e. The van der Waals surface area contributed by atoms with Crippen LogP contribution in [0, 0.1) is 0 Å². The molecule has 7 heteroatoms. The molecule has 7 nitrogen and oxygen atoms in total. The first-order chi connectivity index (χ1) is 6.36. The monoisotopic (exact) mass is 200 g/mol. The van der Waals surface area contributed by atoms with Gasteiger partial charge in [0.15, 0.2) is 5.54 Å². The number of barbiturate groups is 1. The average Bonchev–Trinajstić information content (AvgIpc) is 1.99. The second kappa shape index (κ2) is 3.35. The summed E-state index contributed by atoms with van der Waals surface area (Å²) in [6.45, 7) is 0.0396. The molecule has 0 unspecified atom stereocenters. The van der Waals surface area contributed by atoms with Crippen LogP contribution in [0.5, 0.6) is 0 Å². The molecule has 4 N–H and O–H groups in total. The van der Waals surface area contributed by atoms with Crippen LogP contribution in [-0.4, -0.2) is 48.9 Å².